The Bertz CT molecular complexity index is 649. The van der Waals surface area contributed by atoms with Crippen molar-refractivity contribution in [3.8, 4) is 5.75 Å². The maximum absolute atomic E-state index is 12.3. The van der Waals surface area contributed by atoms with Gasteiger partial charge in [-0.2, -0.15) is 4.99 Å². The first-order valence-electron chi connectivity index (χ1n) is 8.77. The molecule has 0 N–H and O–H groups in total. The second kappa shape index (κ2) is 8.38. The highest BCUT2D eigenvalue weighted by Gasteiger charge is 2.27. The van der Waals surface area contributed by atoms with Crippen molar-refractivity contribution in [2.75, 3.05) is 19.7 Å². The van der Waals surface area contributed by atoms with E-state index in [4.69, 9.17) is 4.74 Å². The van der Waals surface area contributed by atoms with Gasteiger partial charge in [-0.15, -0.1) is 0 Å². The molecule has 0 atom stereocenters. The summed E-state index contributed by atoms with van der Waals surface area (Å²) in [6, 6.07) is 7.87. The van der Waals surface area contributed by atoms with Gasteiger partial charge < -0.3 is 9.64 Å². The third-order valence-corrected chi connectivity index (χ3v) is 5.24. The van der Waals surface area contributed by atoms with Crippen LogP contribution in [0.1, 0.15) is 44.6 Å². The number of benzene rings is 1. The van der Waals surface area contributed by atoms with Gasteiger partial charge in [0.15, 0.2) is 5.17 Å². The van der Waals surface area contributed by atoms with Crippen LogP contribution in [0.2, 0.25) is 0 Å². The normalized spacial score (nSPS) is 19.7. The number of carbonyl (C=O) groups excluding carboxylic acids is 1. The Balaban J connectivity index is 1.72. The molecule has 0 radical (unpaired) electrons. The summed E-state index contributed by atoms with van der Waals surface area (Å²) in [6.07, 6.45) is 7.68. The summed E-state index contributed by atoms with van der Waals surface area (Å²) in [4.78, 5) is 19.4. The number of amidine groups is 1. The maximum Gasteiger partial charge on any atom is 0.286 e. The number of hydrogen-bond acceptors (Lipinski definition) is 4. The SMILES string of the molecule is CCCCOc1ccccc1/C=C1\SC(N2CCCCC2)=NC1=O. The molecule has 0 aliphatic carbocycles. The molecule has 0 spiro atoms. The van der Waals surface area contributed by atoms with Gasteiger partial charge in [-0.25, -0.2) is 0 Å². The first-order valence-corrected chi connectivity index (χ1v) is 9.59. The highest BCUT2D eigenvalue weighted by atomic mass is 32.2. The van der Waals surface area contributed by atoms with Crippen LogP contribution in [-0.4, -0.2) is 35.7 Å². The lowest BCUT2D eigenvalue weighted by molar-refractivity contribution is -0.113. The lowest BCUT2D eigenvalue weighted by Crippen LogP contribution is -2.33. The van der Waals surface area contributed by atoms with E-state index in [0.717, 1.165) is 42.4 Å². The Hall–Kier alpha value is -1.75. The molecule has 5 heteroatoms. The zero-order valence-electron chi connectivity index (χ0n) is 14.2. The van der Waals surface area contributed by atoms with Crippen LogP contribution in [0.3, 0.4) is 0 Å². The summed E-state index contributed by atoms with van der Waals surface area (Å²) < 4.78 is 5.85. The Morgan fingerprint density at radius 1 is 1.25 bits per heavy atom. The summed E-state index contributed by atoms with van der Waals surface area (Å²) in [6.45, 7) is 4.85. The van der Waals surface area contributed by atoms with Crippen molar-refractivity contribution < 1.29 is 9.53 Å². The number of nitrogens with zero attached hydrogens (tertiary/aromatic N) is 2. The molecular weight excluding hydrogens is 320 g/mol. The van der Waals surface area contributed by atoms with Crippen molar-refractivity contribution in [2.45, 2.75) is 39.0 Å². The summed E-state index contributed by atoms with van der Waals surface area (Å²) in [5.74, 6) is 0.696. The molecular formula is C19H24N2O2S. The predicted octanol–water partition coefficient (Wildman–Crippen LogP) is 4.32. The van der Waals surface area contributed by atoms with E-state index in [2.05, 4.69) is 16.8 Å². The van der Waals surface area contributed by atoms with Crippen molar-refractivity contribution in [1.29, 1.82) is 0 Å². The third-order valence-electron chi connectivity index (χ3n) is 4.20. The Kier molecular flexibility index (Phi) is 5.96. The number of rotatable bonds is 5. The van der Waals surface area contributed by atoms with E-state index in [1.807, 2.05) is 30.3 Å². The average molecular weight is 344 g/mol. The van der Waals surface area contributed by atoms with Crippen LogP contribution in [0.25, 0.3) is 6.08 Å². The van der Waals surface area contributed by atoms with E-state index in [1.165, 1.54) is 31.0 Å². The van der Waals surface area contributed by atoms with Gasteiger partial charge in [0.25, 0.3) is 5.91 Å². The second-order valence-electron chi connectivity index (χ2n) is 6.10. The summed E-state index contributed by atoms with van der Waals surface area (Å²) in [7, 11) is 0. The number of unbranched alkanes of at least 4 members (excludes halogenated alkanes) is 1. The van der Waals surface area contributed by atoms with E-state index in [0.29, 0.717) is 11.5 Å². The first kappa shape index (κ1) is 17.1. The van der Waals surface area contributed by atoms with Crippen molar-refractivity contribution in [3.05, 3.63) is 34.7 Å². The highest BCUT2D eigenvalue weighted by Crippen LogP contribution is 2.33. The van der Waals surface area contributed by atoms with Crippen LogP contribution in [0, 0.1) is 0 Å². The number of carbonyl (C=O) groups is 1. The molecule has 0 bridgehead atoms. The molecule has 0 unspecified atom stereocenters. The van der Waals surface area contributed by atoms with Crippen LogP contribution in [0.15, 0.2) is 34.2 Å². The monoisotopic (exact) mass is 344 g/mol. The Labute approximate surface area is 148 Å². The molecule has 1 aromatic carbocycles. The van der Waals surface area contributed by atoms with Crippen molar-refractivity contribution >= 4 is 28.9 Å². The maximum atomic E-state index is 12.3. The molecule has 3 rings (SSSR count). The lowest BCUT2D eigenvalue weighted by Gasteiger charge is -2.27. The van der Waals surface area contributed by atoms with Gasteiger partial charge in [0.1, 0.15) is 5.75 Å². The van der Waals surface area contributed by atoms with E-state index in [1.54, 1.807) is 0 Å². The van der Waals surface area contributed by atoms with E-state index in [-0.39, 0.29) is 5.91 Å². The minimum absolute atomic E-state index is 0.135. The molecule has 128 valence electrons. The molecule has 2 aliphatic heterocycles. The minimum atomic E-state index is -0.135. The molecule has 1 saturated heterocycles. The van der Waals surface area contributed by atoms with E-state index in [9.17, 15) is 4.79 Å². The molecule has 0 aromatic heterocycles. The summed E-state index contributed by atoms with van der Waals surface area (Å²) in [5, 5.41) is 0.857. The van der Waals surface area contributed by atoms with Crippen molar-refractivity contribution in [2.24, 2.45) is 4.99 Å². The molecule has 2 heterocycles. The molecule has 1 amide bonds. The van der Waals surface area contributed by atoms with Gasteiger partial charge >= 0.3 is 0 Å². The largest absolute Gasteiger partial charge is 0.493 e. The van der Waals surface area contributed by atoms with Gasteiger partial charge in [-0.05, 0) is 49.6 Å². The summed E-state index contributed by atoms with van der Waals surface area (Å²) >= 11 is 1.49. The van der Waals surface area contributed by atoms with Gasteiger partial charge in [0.05, 0.1) is 11.5 Å². The molecule has 1 fully saturated rings. The molecule has 2 aliphatic rings. The third kappa shape index (κ3) is 4.20. The average Bonchev–Trinajstić information content (AvgIpc) is 2.98. The fourth-order valence-electron chi connectivity index (χ4n) is 2.82. The molecule has 4 nitrogen and oxygen atoms in total. The van der Waals surface area contributed by atoms with Gasteiger partial charge in [0.2, 0.25) is 0 Å². The van der Waals surface area contributed by atoms with Crippen LogP contribution < -0.4 is 4.74 Å². The summed E-state index contributed by atoms with van der Waals surface area (Å²) in [5.41, 5.74) is 0.944. The number of aliphatic imine (C=N–C) groups is 1. The van der Waals surface area contributed by atoms with Crippen LogP contribution in [0.4, 0.5) is 0 Å². The zero-order valence-corrected chi connectivity index (χ0v) is 15.0. The number of hydrogen-bond donors (Lipinski definition) is 0. The number of para-hydroxylation sites is 1. The number of thioether (sulfide) groups is 1. The second-order valence-corrected chi connectivity index (χ2v) is 7.11. The molecule has 24 heavy (non-hydrogen) atoms. The first-order chi connectivity index (χ1) is 11.8. The van der Waals surface area contributed by atoms with Gasteiger partial charge in [-0.1, -0.05) is 31.5 Å². The molecule has 0 saturated carbocycles. The van der Waals surface area contributed by atoms with Crippen LogP contribution in [0.5, 0.6) is 5.75 Å². The standard InChI is InChI=1S/C19H24N2O2S/c1-2-3-13-23-16-10-6-5-9-15(16)14-17-18(22)20-19(24-17)21-11-7-4-8-12-21/h5-6,9-10,14H,2-4,7-8,11-13H2,1H3/b17-14-. The Morgan fingerprint density at radius 3 is 2.83 bits per heavy atom. The molecule has 1 aromatic rings. The number of amides is 1. The minimum Gasteiger partial charge on any atom is -0.493 e. The topological polar surface area (TPSA) is 41.9 Å². The van der Waals surface area contributed by atoms with Crippen LogP contribution >= 0.6 is 11.8 Å². The zero-order chi connectivity index (χ0) is 16.8. The van der Waals surface area contributed by atoms with Gasteiger partial charge in [-0.3, -0.25) is 4.79 Å². The predicted molar refractivity (Wildman–Crippen MR) is 100 cm³/mol. The Morgan fingerprint density at radius 2 is 2.04 bits per heavy atom. The number of piperidine rings is 1. The van der Waals surface area contributed by atoms with Crippen molar-refractivity contribution in [1.82, 2.24) is 4.90 Å². The van der Waals surface area contributed by atoms with Crippen LogP contribution in [-0.2, 0) is 4.79 Å². The quantitative estimate of drug-likeness (QED) is 0.589. The smallest absolute Gasteiger partial charge is 0.286 e. The van der Waals surface area contributed by atoms with Crippen molar-refractivity contribution in [3.63, 3.8) is 0 Å². The van der Waals surface area contributed by atoms with Gasteiger partial charge in [0, 0.05) is 18.7 Å². The van der Waals surface area contributed by atoms with E-state index < -0.39 is 0 Å². The highest BCUT2D eigenvalue weighted by molar-refractivity contribution is 8.18. The fraction of sp³-hybridized carbons (Fsp3) is 0.474. The number of likely N-dealkylation sites (tertiary alicyclic amines) is 1. The number of ether oxygens (including phenoxy) is 1. The fourth-order valence-corrected chi connectivity index (χ4v) is 3.77. The lowest BCUT2D eigenvalue weighted by atomic mass is 10.1. The van der Waals surface area contributed by atoms with E-state index >= 15 is 0 Å².